The van der Waals surface area contributed by atoms with Crippen LogP contribution >= 0.6 is 15.9 Å². The van der Waals surface area contributed by atoms with Gasteiger partial charge in [0.05, 0.1) is 18.8 Å². The van der Waals surface area contributed by atoms with E-state index in [-0.39, 0.29) is 12.0 Å². The van der Waals surface area contributed by atoms with E-state index in [0.29, 0.717) is 32.5 Å². The summed E-state index contributed by atoms with van der Waals surface area (Å²) in [5, 5.41) is 10.3. The minimum Gasteiger partial charge on any atom is -0.373 e. The Labute approximate surface area is 210 Å². The number of carbonyl (C=O) groups excluding carboxylic acids is 1. The molecular weight excluding hydrogens is 488 g/mol. The second kappa shape index (κ2) is 11.5. The third-order valence-electron chi connectivity index (χ3n) is 6.61. The maximum absolute atomic E-state index is 13.1. The monoisotopic (exact) mass is 516 g/mol. The van der Waals surface area contributed by atoms with E-state index in [4.69, 9.17) is 4.74 Å². The van der Waals surface area contributed by atoms with E-state index in [1.165, 1.54) is 0 Å². The van der Waals surface area contributed by atoms with Crippen molar-refractivity contribution in [2.45, 2.75) is 43.8 Å². The Balaban J connectivity index is 1.35. The number of rotatable bonds is 8. The van der Waals surface area contributed by atoms with E-state index >= 15 is 0 Å². The summed E-state index contributed by atoms with van der Waals surface area (Å²) in [7, 11) is 0. The molecule has 0 bridgehead atoms. The Kier molecular flexibility index (Phi) is 8.16. The predicted molar refractivity (Wildman–Crippen MR) is 137 cm³/mol. The normalized spacial score (nSPS) is 14.5. The fourth-order valence-corrected chi connectivity index (χ4v) is 5.10. The van der Waals surface area contributed by atoms with Crippen molar-refractivity contribution in [1.29, 1.82) is 5.26 Å². The molecule has 0 aliphatic carbocycles. The molecule has 0 atom stereocenters. The van der Waals surface area contributed by atoms with E-state index in [9.17, 15) is 10.1 Å². The molecule has 3 aromatic rings. The van der Waals surface area contributed by atoms with Crippen molar-refractivity contribution in [3.63, 3.8) is 0 Å². The fraction of sp³-hybridized carbons (Fsp3) is 0.310. The highest BCUT2D eigenvalue weighted by molar-refractivity contribution is 9.10. The molecule has 1 aliphatic heterocycles. The van der Waals surface area contributed by atoms with Gasteiger partial charge in [-0.3, -0.25) is 4.79 Å². The van der Waals surface area contributed by atoms with Gasteiger partial charge in [-0.25, -0.2) is 0 Å². The molecule has 0 N–H and O–H groups in total. The Morgan fingerprint density at radius 3 is 2.15 bits per heavy atom. The molecular formula is C29H29BrN2O2. The van der Waals surface area contributed by atoms with Gasteiger partial charge in [-0.05, 0) is 48.1 Å². The minimum atomic E-state index is -0.844. The predicted octanol–water partition coefficient (Wildman–Crippen LogP) is 6.25. The van der Waals surface area contributed by atoms with Gasteiger partial charge in [0.25, 0.3) is 0 Å². The molecule has 1 fully saturated rings. The molecule has 1 aliphatic rings. The third-order valence-corrected chi connectivity index (χ3v) is 7.10. The zero-order chi connectivity index (χ0) is 23.8. The van der Waals surface area contributed by atoms with E-state index in [1.54, 1.807) is 0 Å². The van der Waals surface area contributed by atoms with E-state index < -0.39 is 5.41 Å². The van der Waals surface area contributed by atoms with Crippen LogP contribution in [0.4, 0.5) is 0 Å². The third kappa shape index (κ3) is 5.75. The van der Waals surface area contributed by atoms with E-state index in [0.717, 1.165) is 34.0 Å². The first-order valence-electron chi connectivity index (χ1n) is 11.8. The quantitative estimate of drug-likeness (QED) is 0.355. The zero-order valence-electron chi connectivity index (χ0n) is 19.2. The first-order chi connectivity index (χ1) is 16.6. The summed E-state index contributed by atoms with van der Waals surface area (Å²) < 4.78 is 7.15. The summed E-state index contributed by atoms with van der Waals surface area (Å²) in [6.45, 7) is 1.97. The lowest BCUT2D eigenvalue weighted by atomic mass is 9.72. The number of likely N-dealkylation sites (tertiary alicyclic amines) is 1. The van der Waals surface area contributed by atoms with Crippen LogP contribution in [0.3, 0.4) is 0 Å². The van der Waals surface area contributed by atoms with Crippen LogP contribution < -0.4 is 0 Å². The lowest BCUT2D eigenvalue weighted by Gasteiger charge is -2.33. The van der Waals surface area contributed by atoms with Crippen molar-refractivity contribution in [2.75, 3.05) is 13.1 Å². The highest BCUT2D eigenvalue weighted by Gasteiger charge is 2.35. The number of carbonyl (C=O) groups is 1. The van der Waals surface area contributed by atoms with Gasteiger partial charge < -0.3 is 9.64 Å². The lowest BCUT2D eigenvalue weighted by Crippen LogP contribution is -2.41. The van der Waals surface area contributed by atoms with Gasteiger partial charge in [-0.1, -0.05) is 88.7 Å². The first kappa shape index (κ1) is 24.2. The van der Waals surface area contributed by atoms with Crippen LogP contribution in [0.25, 0.3) is 0 Å². The van der Waals surface area contributed by atoms with E-state index in [2.05, 4.69) is 34.1 Å². The molecule has 3 aromatic carbocycles. The minimum absolute atomic E-state index is 0.108. The second-order valence-corrected chi connectivity index (χ2v) is 9.69. The molecule has 4 nitrogen and oxygen atoms in total. The number of benzene rings is 3. The number of hydrogen-bond donors (Lipinski definition) is 0. The van der Waals surface area contributed by atoms with Gasteiger partial charge in [0.1, 0.15) is 5.41 Å². The molecule has 174 valence electrons. The molecule has 5 heteroatoms. The van der Waals surface area contributed by atoms with Crippen molar-refractivity contribution in [1.82, 2.24) is 4.90 Å². The fourth-order valence-electron chi connectivity index (χ4n) is 4.65. The maximum Gasteiger partial charge on any atom is 0.222 e. The second-order valence-electron chi connectivity index (χ2n) is 8.77. The molecule has 4 rings (SSSR count). The summed E-state index contributed by atoms with van der Waals surface area (Å²) in [4.78, 5) is 15.0. The van der Waals surface area contributed by atoms with Crippen molar-refractivity contribution in [2.24, 2.45) is 0 Å². The number of halogens is 1. The number of nitriles is 1. The van der Waals surface area contributed by atoms with Crippen LogP contribution in [0.15, 0.2) is 89.4 Å². The summed E-state index contributed by atoms with van der Waals surface area (Å²) in [5.41, 5.74) is 2.15. The highest BCUT2D eigenvalue weighted by atomic mass is 79.9. The van der Waals surface area contributed by atoms with Crippen molar-refractivity contribution in [3.8, 4) is 6.07 Å². The Morgan fingerprint density at radius 1 is 0.971 bits per heavy atom. The number of ether oxygens (including phenoxy) is 1. The first-order valence-corrected chi connectivity index (χ1v) is 12.6. The van der Waals surface area contributed by atoms with Crippen LogP contribution in [-0.2, 0) is 21.6 Å². The SMILES string of the molecule is N#CC(CCC(=O)N1CCC(OCc2cccc(Br)c2)CC1)(c1ccccc1)c1ccccc1. The average molecular weight is 517 g/mol. The number of piperidine rings is 1. The van der Waals surface area contributed by atoms with Crippen molar-refractivity contribution < 1.29 is 9.53 Å². The van der Waals surface area contributed by atoms with Gasteiger partial charge >= 0.3 is 0 Å². The maximum atomic E-state index is 13.1. The zero-order valence-corrected chi connectivity index (χ0v) is 20.8. The molecule has 1 saturated heterocycles. The Bertz CT molecular complexity index is 1080. The molecule has 1 heterocycles. The Morgan fingerprint density at radius 2 is 1.59 bits per heavy atom. The molecule has 34 heavy (non-hydrogen) atoms. The van der Waals surface area contributed by atoms with Gasteiger partial charge in [0.15, 0.2) is 0 Å². The summed E-state index contributed by atoms with van der Waals surface area (Å²) in [6, 6.07) is 30.3. The molecule has 1 amide bonds. The van der Waals surface area contributed by atoms with Crippen LogP contribution in [0, 0.1) is 11.3 Å². The topological polar surface area (TPSA) is 53.3 Å². The number of nitrogens with zero attached hydrogens (tertiary/aromatic N) is 2. The lowest BCUT2D eigenvalue weighted by molar-refractivity contribution is -0.134. The number of amides is 1. The standard InChI is InChI=1S/C29H29BrN2O2/c30-26-13-7-8-23(20-26)21-34-27-15-18-32(19-16-27)28(33)14-17-29(22-31,24-9-3-1-4-10-24)25-11-5-2-6-12-25/h1-13,20,27H,14-19,21H2. The smallest absolute Gasteiger partial charge is 0.222 e. The number of hydrogen-bond acceptors (Lipinski definition) is 3. The van der Waals surface area contributed by atoms with E-state index in [1.807, 2.05) is 77.7 Å². The van der Waals surface area contributed by atoms with Gasteiger partial charge in [-0.2, -0.15) is 5.26 Å². The van der Waals surface area contributed by atoms with Crippen LogP contribution in [-0.4, -0.2) is 30.0 Å². The summed E-state index contributed by atoms with van der Waals surface area (Å²) in [5.74, 6) is 0.108. The van der Waals surface area contributed by atoms with Crippen molar-refractivity contribution >= 4 is 21.8 Å². The molecule has 0 aromatic heterocycles. The molecule has 0 spiro atoms. The van der Waals surface area contributed by atoms with Gasteiger partial charge in [0.2, 0.25) is 5.91 Å². The van der Waals surface area contributed by atoms with Crippen LogP contribution in [0.2, 0.25) is 0 Å². The van der Waals surface area contributed by atoms with Gasteiger partial charge in [0, 0.05) is 24.0 Å². The van der Waals surface area contributed by atoms with Crippen LogP contribution in [0.5, 0.6) is 0 Å². The molecule has 0 saturated carbocycles. The average Bonchev–Trinajstić information content (AvgIpc) is 2.89. The van der Waals surface area contributed by atoms with Gasteiger partial charge in [-0.15, -0.1) is 0 Å². The highest BCUT2D eigenvalue weighted by Crippen LogP contribution is 2.36. The molecule has 0 unspecified atom stereocenters. The largest absolute Gasteiger partial charge is 0.373 e. The van der Waals surface area contributed by atoms with Crippen molar-refractivity contribution in [3.05, 3.63) is 106 Å². The molecule has 0 radical (unpaired) electrons. The summed E-state index contributed by atoms with van der Waals surface area (Å²) >= 11 is 3.50. The Hall–Kier alpha value is -2.94. The van der Waals surface area contributed by atoms with Crippen LogP contribution in [0.1, 0.15) is 42.4 Å². The summed E-state index contributed by atoms with van der Waals surface area (Å²) in [6.07, 6.45) is 2.62.